The van der Waals surface area contributed by atoms with Gasteiger partial charge in [-0.15, -0.1) is 0 Å². The molecule has 0 bridgehead atoms. The molecule has 1 aliphatic rings. The first-order valence-electron chi connectivity index (χ1n) is 7.24. The van der Waals surface area contributed by atoms with Gasteiger partial charge in [-0.2, -0.15) is 15.0 Å². The van der Waals surface area contributed by atoms with Crippen LogP contribution in [-0.2, 0) is 0 Å². The second-order valence-corrected chi connectivity index (χ2v) is 5.20. The molecule has 0 saturated carbocycles. The first-order valence-corrected chi connectivity index (χ1v) is 7.24. The molecule has 1 aromatic rings. The van der Waals surface area contributed by atoms with Gasteiger partial charge in [-0.3, -0.25) is 0 Å². The Labute approximate surface area is 119 Å². The molecule has 1 fully saturated rings. The predicted octanol–water partition coefficient (Wildman–Crippen LogP) is 0.507. The molecule has 1 aromatic heterocycles. The number of nitrogen functional groups attached to an aromatic ring is 1. The SMILES string of the molecule is CCN(CC)c1nc(N)nc(N2CCC(C(C)O)C2)n1. The monoisotopic (exact) mass is 280 g/mol. The van der Waals surface area contributed by atoms with Gasteiger partial charge in [0.25, 0.3) is 0 Å². The molecule has 1 saturated heterocycles. The van der Waals surface area contributed by atoms with Gasteiger partial charge in [0.1, 0.15) is 0 Å². The molecule has 1 aliphatic heterocycles. The van der Waals surface area contributed by atoms with E-state index in [1.165, 1.54) is 0 Å². The molecule has 2 unspecified atom stereocenters. The number of hydrogen-bond acceptors (Lipinski definition) is 7. The summed E-state index contributed by atoms with van der Waals surface area (Å²) >= 11 is 0. The predicted molar refractivity (Wildman–Crippen MR) is 79.8 cm³/mol. The summed E-state index contributed by atoms with van der Waals surface area (Å²) in [7, 11) is 0. The highest BCUT2D eigenvalue weighted by Crippen LogP contribution is 2.24. The molecular formula is C13H24N6O. The highest BCUT2D eigenvalue weighted by Gasteiger charge is 2.28. The van der Waals surface area contributed by atoms with Gasteiger partial charge >= 0.3 is 0 Å². The van der Waals surface area contributed by atoms with Crippen LogP contribution in [0.3, 0.4) is 0 Å². The highest BCUT2D eigenvalue weighted by molar-refractivity contribution is 5.44. The molecule has 0 radical (unpaired) electrons. The van der Waals surface area contributed by atoms with Gasteiger partial charge in [-0.25, -0.2) is 0 Å². The Morgan fingerprint density at radius 1 is 1.35 bits per heavy atom. The maximum Gasteiger partial charge on any atom is 0.231 e. The van der Waals surface area contributed by atoms with Crippen molar-refractivity contribution in [2.75, 3.05) is 41.7 Å². The van der Waals surface area contributed by atoms with Crippen molar-refractivity contribution >= 4 is 17.8 Å². The molecule has 0 amide bonds. The van der Waals surface area contributed by atoms with E-state index in [2.05, 4.69) is 33.7 Å². The third kappa shape index (κ3) is 3.09. The summed E-state index contributed by atoms with van der Waals surface area (Å²) in [6.45, 7) is 9.21. The molecule has 3 N–H and O–H groups in total. The Kier molecular flexibility index (Phi) is 4.59. The summed E-state index contributed by atoms with van der Waals surface area (Å²) in [6.07, 6.45) is 0.644. The van der Waals surface area contributed by atoms with Crippen LogP contribution in [0, 0.1) is 5.92 Å². The van der Waals surface area contributed by atoms with Crippen molar-refractivity contribution in [3.63, 3.8) is 0 Å². The van der Waals surface area contributed by atoms with Crippen molar-refractivity contribution < 1.29 is 5.11 Å². The zero-order chi connectivity index (χ0) is 14.7. The number of nitrogens with two attached hydrogens (primary N) is 1. The van der Waals surface area contributed by atoms with E-state index >= 15 is 0 Å². The Hall–Kier alpha value is -1.63. The minimum atomic E-state index is -0.304. The number of anilines is 3. The average Bonchev–Trinajstić information content (AvgIpc) is 2.89. The third-order valence-electron chi connectivity index (χ3n) is 3.87. The van der Waals surface area contributed by atoms with Crippen LogP contribution in [0.5, 0.6) is 0 Å². The van der Waals surface area contributed by atoms with Crippen LogP contribution in [0.1, 0.15) is 27.2 Å². The lowest BCUT2D eigenvalue weighted by Gasteiger charge is -2.22. The van der Waals surface area contributed by atoms with Gasteiger partial charge in [0.05, 0.1) is 6.10 Å². The molecule has 2 rings (SSSR count). The van der Waals surface area contributed by atoms with E-state index in [1.807, 2.05) is 11.8 Å². The number of nitrogens with zero attached hydrogens (tertiary/aromatic N) is 5. The summed E-state index contributed by atoms with van der Waals surface area (Å²) in [6, 6.07) is 0. The summed E-state index contributed by atoms with van der Waals surface area (Å²) < 4.78 is 0. The van der Waals surface area contributed by atoms with Crippen LogP contribution < -0.4 is 15.5 Å². The summed E-state index contributed by atoms with van der Waals surface area (Å²) in [4.78, 5) is 17.1. The van der Waals surface area contributed by atoms with Crippen molar-refractivity contribution in [2.45, 2.75) is 33.3 Å². The lowest BCUT2D eigenvalue weighted by atomic mass is 10.0. The van der Waals surface area contributed by atoms with Gasteiger partial charge < -0.3 is 20.6 Å². The van der Waals surface area contributed by atoms with Crippen molar-refractivity contribution in [1.29, 1.82) is 0 Å². The second kappa shape index (κ2) is 6.21. The smallest absolute Gasteiger partial charge is 0.231 e. The van der Waals surface area contributed by atoms with Crippen LogP contribution in [-0.4, -0.2) is 52.3 Å². The molecule has 20 heavy (non-hydrogen) atoms. The van der Waals surface area contributed by atoms with E-state index in [1.54, 1.807) is 0 Å². The van der Waals surface area contributed by atoms with Crippen LogP contribution in [0.25, 0.3) is 0 Å². The van der Waals surface area contributed by atoms with Crippen molar-refractivity contribution in [2.24, 2.45) is 5.92 Å². The van der Waals surface area contributed by atoms with Gasteiger partial charge in [0.2, 0.25) is 17.8 Å². The summed E-state index contributed by atoms with van der Waals surface area (Å²) in [5.41, 5.74) is 5.80. The largest absolute Gasteiger partial charge is 0.393 e. The molecule has 0 aliphatic carbocycles. The quantitative estimate of drug-likeness (QED) is 0.811. The Bertz CT molecular complexity index is 448. The van der Waals surface area contributed by atoms with Crippen molar-refractivity contribution in [3.8, 4) is 0 Å². The van der Waals surface area contributed by atoms with Gasteiger partial charge in [0.15, 0.2) is 0 Å². The minimum absolute atomic E-state index is 0.248. The fraction of sp³-hybridized carbons (Fsp3) is 0.769. The minimum Gasteiger partial charge on any atom is -0.393 e. The normalized spacial score (nSPS) is 20.2. The molecule has 2 atom stereocenters. The maximum absolute atomic E-state index is 9.68. The summed E-state index contributed by atoms with van der Waals surface area (Å²) in [5, 5.41) is 9.68. The second-order valence-electron chi connectivity index (χ2n) is 5.20. The number of aliphatic hydroxyl groups excluding tert-OH is 1. The average molecular weight is 280 g/mol. The van der Waals surface area contributed by atoms with Gasteiger partial charge in [-0.05, 0) is 27.2 Å². The molecule has 7 heteroatoms. The molecular weight excluding hydrogens is 256 g/mol. The van der Waals surface area contributed by atoms with Crippen LogP contribution in [0.4, 0.5) is 17.8 Å². The van der Waals surface area contributed by atoms with E-state index in [4.69, 9.17) is 5.73 Å². The van der Waals surface area contributed by atoms with E-state index < -0.39 is 0 Å². The van der Waals surface area contributed by atoms with Gasteiger partial charge in [-0.1, -0.05) is 0 Å². The van der Waals surface area contributed by atoms with Gasteiger partial charge in [0, 0.05) is 32.1 Å². The highest BCUT2D eigenvalue weighted by atomic mass is 16.3. The number of hydrogen-bond donors (Lipinski definition) is 2. The van der Waals surface area contributed by atoms with Crippen molar-refractivity contribution in [3.05, 3.63) is 0 Å². The number of aliphatic hydroxyl groups is 1. The molecule has 112 valence electrons. The fourth-order valence-electron chi connectivity index (χ4n) is 2.52. The lowest BCUT2D eigenvalue weighted by molar-refractivity contribution is 0.136. The van der Waals surface area contributed by atoms with E-state index in [0.717, 1.165) is 32.6 Å². The first kappa shape index (κ1) is 14.8. The summed E-state index contributed by atoms with van der Waals surface area (Å²) in [5.74, 6) is 1.75. The van der Waals surface area contributed by atoms with Crippen LogP contribution >= 0.6 is 0 Å². The fourth-order valence-corrected chi connectivity index (χ4v) is 2.52. The molecule has 2 heterocycles. The zero-order valence-corrected chi connectivity index (χ0v) is 12.5. The molecule has 7 nitrogen and oxygen atoms in total. The van der Waals surface area contributed by atoms with Crippen molar-refractivity contribution in [1.82, 2.24) is 15.0 Å². The molecule has 0 spiro atoms. The number of aromatic nitrogens is 3. The topological polar surface area (TPSA) is 91.4 Å². The Morgan fingerprint density at radius 3 is 2.60 bits per heavy atom. The Balaban J connectivity index is 2.20. The van der Waals surface area contributed by atoms with Crippen LogP contribution in [0.2, 0.25) is 0 Å². The maximum atomic E-state index is 9.68. The standard InChI is InChI=1S/C13H24N6O/c1-4-18(5-2)12-15-11(14)16-13(17-12)19-7-6-10(8-19)9(3)20/h9-10,20H,4-8H2,1-3H3,(H2,14,15,16,17). The van der Waals surface area contributed by atoms with Crippen LogP contribution in [0.15, 0.2) is 0 Å². The Morgan fingerprint density at radius 2 is 2.05 bits per heavy atom. The van der Waals surface area contributed by atoms with E-state index in [-0.39, 0.29) is 18.0 Å². The lowest BCUT2D eigenvalue weighted by Crippen LogP contribution is -2.29. The molecule has 0 aromatic carbocycles. The van der Waals surface area contributed by atoms with E-state index in [0.29, 0.717) is 11.9 Å². The third-order valence-corrected chi connectivity index (χ3v) is 3.87. The first-order chi connectivity index (χ1) is 9.55. The number of rotatable bonds is 5. The zero-order valence-electron chi connectivity index (χ0n) is 12.5. The van der Waals surface area contributed by atoms with E-state index in [9.17, 15) is 5.11 Å².